The van der Waals surface area contributed by atoms with Crippen molar-refractivity contribution in [3.05, 3.63) is 58.5 Å². The van der Waals surface area contributed by atoms with Gasteiger partial charge in [0.15, 0.2) is 0 Å². The fourth-order valence-electron chi connectivity index (χ4n) is 2.55. The Hall–Kier alpha value is -2.49. The fourth-order valence-corrected chi connectivity index (χ4v) is 2.55. The lowest BCUT2D eigenvalue weighted by atomic mass is 10.1. The zero-order valence-electron chi connectivity index (χ0n) is 10.5. The minimum atomic E-state index is -0.384. The van der Waals surface area contributed by atoms with E-state index in [9.17, 15) is 9.70 Å². The summed E-state index contributed by atoms with van der Waals surface area (Å²) in [6, 6.07) is 13.8. The van der Waals surface area contributed by atoms with Crippen molar-refractivity contribution in [2.45, 2.75) is 13.3 Å². The van der Waals surface area contributed by atoms with Gasteiger partial charge in [0, 0.05) is 6.92 Å². The molecule has 4 nitrogen and oxygen atoms in total. The van der Waals surface area contributed by atoms with Crippen LogP contribution < -0.4 is 5.01 Å². The van der Waals surface area contributed by atoms with E-state index in [1.807, 2.05) is 24.3 Å². The van der Waals surface area contributed by atoms with Crippen molar-refractivity contribution in [2.75, 3.05) is 5.01 Å². The lowest BCUT2D eigenvalue weighted by Crippen LogP contribution is -2.21. The van der Waals surface area contributed by atoms with Gasteiger partial charge in [0.1, 0.15) is 0 Å². The van der Waals surface area contributed by atoms with Crippen molar-refractivity contribution in [3.8, 4) is 11.1 Å². The molecule has 1 aliphatic rings. The fraction of sp³-hybridized carbons (Fsp3) is 0.133. The number of benzene rings is 2. The summed E-state index contributed by atoms with van der Waals surface area (Å²) in [7, 11) is 0. The summed E-state index contributed by atoms with van der Waals surface area (Å²) in [5, 5.41) is 3.64. The quantitative estimate of drug-likeness (QED) is 0.519. The van der Waals surface area contributed by atoms with E-state index in [2.05, 4.69) is 17.4 Å². The Morgan fingerprint density at radius 2 is 1.84 bits per heavy atom. The van der Waals surface area contributed by atoms with E-state index in [0.717, 1.165) is 22.6 Å². The molecular formula is C15H12N2O2. The number of fused-ring (bicyclic) bond motifs is 3. The first-order chi connectivity index (χ1) is 9.20. The van der Waals surface area contributed by atoms with Crippen molar-refractivity contribution < 1.29 is 4.79 Å². The van der Waals surface area contributed by atoms with Gasteiger partial charge in [0.2, 0.25) is 5.91 Å². The van der Waals surface area contributed by atoms with Crippen LogP contribution in [0.5, 0.6) is 0 Å². The van der Waals surface area contributed by atoms with Gasteiger partial charge >= 0.3 is 0 Å². The minimum Gasteiger partial charge on any atom is -0.273 e. The van der Waals surface area contributed by atoms with Gasteiger partial charge in [0.25, 0.3) is 0 Å². The summed E-state index contributed by atoms with van der Waals surface area (Å²) in [6.45, 7) is 1.32. The number of carbonyl (C=O) groups excluding carboxylic acids is 1. The lowest BCUT2D eigenvalue weighted by Gasteiger charge is -2.12. The van der Waals surface area contributed by atoms with Crippen LogP contribution in [0, 0.1) is 4.91 Å². The molecule has 3 rings (SSSR count). The van der Waals surface area contributed by atoms with Gasteiger partial charge in [0.05, 0.1) is 11.0 Å². The first kappa shape index (κ1) is 11.6. The molecule has 19 heavy (non-hydrogen) atoms. The van der Waals surface area contributed by atoms with Gasteiger partial charge < -0.3 is 0 Å². The molecule has 0 N–H and O–H groups in total. The average Bonchev–Trinajstić information content (AvgIpc) is 2.76. The Morgan fingerprint density at radius 1 is 1.11 bits per heavy atom. The van der Waals surface area contributed by atoms with E-state index in [1.54, 1.807) is 6.07 Å². The number of rotatable bonds is 2. The van der Waals surface area contributed by atoms with E-state index in [-0.39, 0.29) is 5.91 Å². The van der Waals surface area contributed by atoms with Gasteiger partial charge in [-0.3, -0.25) is 4.79 Å². The number of nitroso groups, excluding NO2 is 1. The monoisotopic (exact) mass is 252 g/mol. The Bertz CT molecular complexity index is 680. The number of amides is 1. The number of hydrogen-bond donors (Lipinski definition) is 0. The van der Waals surface area contributed by atoms with Crippen LogP contribution in [0.15, 0.2) is 47.8 Å². The molecule has 1 aliphatic carbocycles. The first-order valence-electron chi connectivity index (χ1n) is 6.06. The number of hydrogen-bond acceptors (Lipinski definition) is 3. The lowest BCUT2D eigenvalue weighted by molar-refractivity contribution is -0.116. The molecular weight excluding hydrogens is 240 g/mol. The molecule has 0 atom stereocenters. The molecule has 0 saturated carbocycles. The van der Waals surface area contributed by atoms with Gasteiger partial charge in [-0.25, -0.2) is 0 Å². The van der Waals surface area contributed by atoms with E-state index in [1.165, 1.54) is 18.1 Å². The smallest absolute Gasteiger partial charge is 0.246 e. The molecule has 94 valence electrons. The van der Waals surface area contributed by atoms with Crippen molar-refractivity contribution in [2.24, 2.45) is 5.29 Å². The predicted molar refractivity (Wildman–Crippen MR) is 73.6 cm³/mol. The molecule has 0 bridgehead atoms. The third-order valence-electron chi connectivity index (χ3n) is 3.40. The van der Waals surface area contributed by atoms with Gasteiger partial charge in [-0.15, -0.1) is 4.91 Å². The van der Waals surface area contributed by atoms with Crippen molar-refractivity contribution >= 4 is 11.6 Å². The molecule has 0 fully saturated rings. The summed E-state index contributed by atoms with van der Waals surface area (Å²) in [6.07, 6.45) is 0.823. The highest BCUT2D eigenvalue weighted by atomic mass is 16.3. The highest BCUT2D eigenvalue weighted by Crippen LogP contribution is 2.38. The molecule has 0 spiro atoms. The standard InChI is InChI=1S/C15H12N2O2/c1-10(18)17(16-19)13-6-7-15-12(9-13)8-11-4-2-3-5-14(11)15/h2-7,9H,8H2,1H3. The second kappa shape index (κ2) is 4.31. The molecule has 2 aromatic rings. The Morgan fingerprint density at radius 3 is 2.58 bits per heavy atom. The Balaban J connectivity index is 2.06. The van der Waals surface area contributed by atoms with Crippen LogP contribution in [0.25, 0.3) is 11.1 Å². The number of carbonyl (C=O) groups is 1. The SMILES string of the molecule is CC(=O)N(N=O)c1ccc2c(c1)Cc1ccccc1-2. The third kappa shape index (κ3) is 1.81. The zero-order chi connectivity index (χ0) is 13.4. The van der Waals surface area contributed by atoms with Crippen molar-refractivity contribution in [1.82, 2.24) is 0 Å². The maximum absolute atomic E-state index is 11.3. The van der Waals surface area contributed by atoms with E-state index >= 15 is 0 Å². The van der Waals surface area contributed by atoms with E-state index in [0.29, 0.717) is 5.69 Å². The van der Waals surface area contributed by atoms with Crippen molar-refractivity contribution in [1.29, 1.82) is 0 Å². The number of anilines is 1. The van der Waals surface area contributed by atoms with Crippen LogP contribution >= 0.6 is 0 Å². The first-order valence-corrected chi connectivity index (χ1v) is 6.06. The molecule has 4 heteroatoms. The van der Waals surface area contributed by atoms with Crippen LogP contribution in [0.1, 0.15) is 18.1 Å². The molecule has 0 unspecified atom stereocenters. The largest absolute Gasteiger partial charge is 0.273 e. The molecule has 0 aromatic heterocycles. The minimum absolute atomic E-state index is 0.384. The Labute approximate surface area is 110 Å². The highest BCUT2D eigenvalue weighted by molar-refractivity contribution is 5.91. The molecule has 0 aliphatic heterocycles. The molecule has 0 heterocycles. The third-order valence-corrected chi connectivity index (χ3v) is 3.40. The van der Waals surface area contributed by atoms with Gasteiger partial charge in [-0.1, -0.05) is 30.3 Å². The maximum atomic E-state index is 11.3. The topological polar surface area (TPSA) is 49.7 Å². The highest BCUT2D eigenvalue weighted by Gasteiger charge is 2.20. The summed E-state index contributed by atoms with van der Waals surface area (Å²) < 4.78 is 0. The predicted octanol–water partition coefficient (Wildman–Crippen LogP) is 3.29. The van der Waals surface area contributed by atoms with Crippen LogP contribution in [-0.2, 0) is 11.2 Å². The molecule has 0 saturated heterocycles. The van der Waals surface area contributed by atoms with Crippen LogP contribution in [-0.4, -0.2) is 5.91 Å². The summed E-state index contributed by atoms with van der Waals surface area (Å²) in [4.78, 5) is 22.0. The summed E-state index contributed by atoms with van der Waals surface area (Å²) in [5.74, 6) is -0.384. The second-order valence-electron chi connectivity index (χ2n) is 4.59. The van der Waals surface area contributed by atoms with Gasteiger partial charge in [-0.2, -0.15) is 5.01 Å². The van der Waals surface area contributed by atoms with Crippen LogP contribution in [0.2, 0.25) is 0 Å². The summed E-state index contributed by atoms with van der Waals surface area (Å²) >= 11 is 0. The second-order valence-corrected chi connectivity index (χ2v) is 4.59. The molecule has 0 radical (unpaired) electrons. The summed E-state index contributed by atoms with van der Waals surface area (Å²) in [5.41, 5.74) is 5.29. The van der Waals surface area contributed by atoms with Gasteiger partial charge in [-0.05, 0) is 40.8 Å². The zero-order valence-corrected chi connectivity index (χ0v) is 10.5. The maximum Gasteiger partial charge on any atom is 0.246 e. The molecule has 2 aromatic carbocycles. The normalized spacial score (nSPS) is 11.6. The molecule has 1 amide bonds. The average molecular weight is 252 g/mol. The van der Waals surface area contributed by atoms with Crippen LogP contribution in [0.4, 0.5) is 5.69 Å². The number of nitrogens with zero attached hydrogens (tertiary/aromatic N) is 2. The van der Waals surface area contributed by atoms with Crippen LogP contribution in [0.3, 0.4) is 0 Å². The van der Waals surface area contributed by atoms with E-state index in [4.69, 9.17) is 0 Å². The van der Waals surface area contributed by atoms with E-state index < -0.39 is 0 Å². The van der Waals surface area contributed by atoms with Crippen molar-refractivity contribution in [3.63, 3.8) is 0 Å². The Kier molecular flexibility index (Phi) is 2.63.